The molecule has 0 saturated heterocycles. The fourth-order valence-electron chi connectivity index (χ4n) is 3.69. The first-order chi connectivity index (χ1) is 18.0. The third-order valence-electron chi connectivity index (χ3n) is 5.87. The third kappa shape index (κ3) is 8.00. The van der Waals surface area contributed by atoms with Gasteiger partial charge in [-0.05, 0) is 42.6 Å². The number of hydrogen-bond donors (Lipinski definition) is 0. The highest BCUT2D eigenvalue weighted by molar-refractivity contribution is 7.95. The zero-order valence-electron chi connectivity index (χ0n) is 21.1. The highest BCUT2D eigenvalue weighted by Crippen LogP contribution is 2.22. The molecule has 0 aromatic heterocycles. The summed E-state index contributed by atoms with van der Waals surface area (Å²) < 4.78 is 58.9. The minimum Gasteiger partial charge on any atom is -0.377 e. The van der Waals surface area contributed by atoms with E-state index in [1.807, 2.05) is 13.8 Å². The minimum absolute atomic E-state index is 0.0420. The summed E-state index contributed by atoms with van der Waals surface area (Å²) >= 11 is 0. The van der Waals surface area contributed by atoms with Crippen LogP contribution in [0.3, 0.4) is 0 Å². The summed E-state index contributed by atoms with van der Waals surface area (Å²) in [4.78, 5) is 16.1. The number of aryl methyl sites for hydroxylation is 2. The Bertz CT molecular complexity index is 1510. The van der Waals surface area contributed by atoms with Gasteiger partial charge >= 0.3 is 0 Å². The largest absolute Gasteiger partial charge is 0.377 e. The average Bonchev–Trinajstić information content (AvgIpc) is 2.88. The first kappa shape index (κ1) is 29.1. The highest BCUT2D eigenvalue weighted by atomic mass is 32.2. The van der Waals surface area contributed by atoms with Crippen molar-refractivity contribution in [2.45, 2.75) is 36.4 Å². The first-order valence-electron chi connectivity index (χ1n) is 11.8. The van der Waals surface area contributed by atoms with Crippen molar-refractivity contribution >= 4 is 25.5 Å². The number of azide groups is 1. The van der Waals surface area contributed by atoms with Crippen LogP contribution in [0.15, 0.2) is 82.8 Å². The van der Waals surface area contributed by atoms with Crippen molar-refractivity contribution in [2.24, 2.45) is 5.11 Å². The molecule has 0 aliphatic heterocycles. The monoisotopic (exact) mass is 555 g/mol. The fraction of sp³-hybridized carbons (Fsp3) is 0.296. The molecular weight excluding hydrogens is 526 g/mol. The van der Waals surface area contributed by atoms with E-state index in [4.69, 9.17) is 10.3 Å². The number of nitrogens with zero attached hydrogens (tertiary/aromatic N) is 3. The molecule has 0 radical (unpaired) electrons. The van der Waals surface area contributed by atoms with Gasteiger partial charge in [-0.2, -0.15) is 0 Å². The number of Topliss-reactive ketones (excluding diaryl/α,β-unsaturated/α-hetero) is 1. The van der Waals surface area contributed by atoms with Gasteiger partial charge in [-0.3, -0.25) is 4.79 Å². The van der Waals surface area contributed by atoms with E-state index in [-0.39, 0.29) is 30.2 Å². The van der Waals surface area contributed by atoms with Crippen LogP contribution in [0.4, 0.5) is 0 Å². The van der Waals surface area contributed by atoms with Gasteiger partial charge in [-0.1, -0.05) is 76.9 Å². The molecule has 0 saturated carbocycles. The summed E-state index contributed by atoms with van der Waals surface area (Å²) in [6.45, 7) is 4.29. The Morgan fingerprint density at radius 2 is 1.42 bits per heavy atom. The van der Waals surface area contributed by atoms with Crippen LogP contribution in [-0.4, -0.2) is 46.8 Å². The smallest absolute Gasteiger partial charge is 0.182 e. The summed E-state index contributed by atoms with van der Waals surface area (Å²) in [5.74, 6) is -2.12. The molecule has 200 valence electrons. The molecule has 9 nitrogen and oxygen atoms in total. The minimum atomic E-state index is -4.21. The number of sulfone groups is 2. The van der Waals surface area contributed by atoms with Crippen LogP contribution in [0.2, 0.25) is 0 Å². The topological polar surface area (TPSA) is 143 Å². The molecule has 1 atom stereocenters. The van der Waals surface area contributed by atoms with Gasteiger partial charge in [0, 0.05) is 17.0 Å². The van der Waals surface area contributed by atoms with Gasteiger partial charge in [-0.25, -0.2) is 16.8 Å². The normalized spacial score (nSPS) is 12.5. The predicted octanol–water partition coefficient (Wildman–Crippen LogP) is 4.77. The summed E-state index contributed by atoms with van der Waals surface area (Å²) in [5, 5.41) is 1.59. The highest BCUT2D eigenvalue weighted by Gasteiger charge is 2.38. The van der Waals surface area contributed by atoms with Gasteiger partial charge in [0.25, 0.3) is 0 Å². The molecule has 0 fully saturated rings. The lowest BCUT2D eigenvalue weighted by atomic mass is 10.1. The zero-order chi connectivity index (χ0) is 27.8. The second-order valence-corrected chi connectivity index (χ2v) is 13.2. The van der Waals surface area contributed by atoms with E-state index in [0.29, 0.717) is 11.1 Å². The van der Waals surface area contributed by atoms with E-state index in [9.17, 15) is 21.6 Å². The van der Waals surface area contributed by atoms with Crippen molar-refractivity contribution in [3.63, 3.8) is 0 Å². The van der Waals surface area contributed by atoms with E-state index in [0.717, 1.165) is 11.1 Å². The molecule has 0 aliphatic rings. The lowest BCUT2D eigenvalue weighted by molar-refractivity contribution is 0.0991. The van der Waals surface area contributed by atoms with Crippen LogP contribution in [0.25, 0.3) is 10.4 Å². The average molecular weight is 556 g/mol. The molecule has 0 bridgehead atoms. The van der Waals surface area contributed by atoms with Crippen molar-refractivity contribution in [3.8, 4) is 0 Å². The second-order valence-electron chi connectivity index (χ2n) is 8.94. The lowest BCUT2D eigenvalue weighted by Gasteiger charge is -2.18. The SMILES string of the molecule is Cc1ccc(CS(=O)(=O)C(CS(=O)(=O)c2ccc(C)cc2)C(=O)c2ccc(COCCN=[N+]=[N-])cc2)cc1. The van der Waals surface area contributed by atoms with Gasteiger partial charge in [-0.15, -0.1) is 0 Å². The van der Waals surface area contributed by atoms with Crippen molar-refractivity contribution < 1.29 is 26.4 Å². The number of ether oxygens (including phenoxy) is 1. The summed E-state index contributed by atoms with van der Waals surface area (Å²) in [5.41, 5.74) is 11.4. The molecule has 0 N–H and O–H groups in total. The molecule has 0 spiro atoms. The standard InChI is InChI=1S/C27H29N3O6S2/c1-20-3-7-23(8-4-20)18-38(34,35)26(19-37(32,33)25-13-5-21(2)6-14-25)27(31)24-11-9-22(10-12-24)17-36-16-15-29-30-28/h3-14,26H,15-19H2,1-2H3. The molecule has 1 unspecified atom stereocenters. The van der Waals surface area contributed by atoms with Crippen LogP contribution in [0, 0.1) is 13.8 Å². The van der Waals surface area contributed by atoms with Crippen molar-refractivity contribution in [3.05, 3.63) is 111 Å². The Hall–Kier alpha value is -3.50. The van der Waals surface area contributed by atoms with E-state index >= 15 is 0 Å². The number of rotatable bonds is 13. The molecule has 3 rings (SSSR count). The predicted molar refractivity (Wildman–Crippen MR) is 145 cm³/mol. The zero-order valence-corrected chi connectivity index (χ0v) is 22.8. The Labute approximate surface area is 222 Å². The van der Waals surface area contributed by atoms with Crippen LogP contribution in [-0.2, 0) is 36.8 Å². The van der Waals surface area contributed by atoms with Crippen LogP contribution in [0.1, 0.15) is 32.6 Å². The molecule has 3 aromatic carbocycles. The van der Waals surface area contributed by atoms with E-state index in [1.54, 1.807) is 48.5 Å². The van der Waals surface area contributed by atoms with Crippen LogP contribution >= 0.6 is 0 Å². The summed E-state index contributed by atoms with van der Waals surface area (Å²) in [6, 6.07) is 19.0. The lowest BCUT2D eigenvalue weighted by Crippen LogP contribution is -2.38. The number of carbonyl (C=O) groups excluding carboxylic acids is 1. The summed E-state index contributed by atoms with van der Waals surface area (Å²) in [7, 11) is -8.30. The molecule has 38 heavy (non-hydrogen) atoms. The number of benzene rings is 3. The van der Waals surface area contributed by atoms with Gasteiger partial charge in [0.15, 0.2) is 25.5 Å². The van der Waals surface area contributed by atoms with Crippen LogP contribution < -0.4 is 0 Å². The number of ketones is 1. The molecule has 11 heteroatoms. The van der Waals surface area contributed by atoms with Crippen molar-refractivity contribution in [1.82, 2.24) is 0 Å². The van der Waals surface area contributed by atoms with Gasteiger partial charge in [0.05, 0.1) is 29.6 Å². The van der Waals surface area contributed by atoms with E-state index < -0.39 is 42.2 Å². The number of carbonyl (C=O) groups is 1. The Balaban J connectivity index is 1.89. The molecular formula is C27H29N3O6S2. The van der Waals surface area contributed by atoms with Crippen molar-refractivity contribution in [1.29, 1.82) is 0 Å². The van der Waals surface area contributed by atoms with E-state index in [2.05, 4.69) is 10.0 Å². The second kappa shape index (κ2) is 12.8. The summed E-state index contributed by atoms with van der Waals surface area (Å²) in [6.07, 6.45) is 0. The molecule has 0 aliphatic carbocycles. The van der Waals surface area contributed by atoms with Gasteiger partial charge < -0.3 is 4.74 Å². The molecule has 3 aromatic rings. The third-order valence-corrected chi connectivity index (χ3v) is 9.83. The van der Waals surface area contributed by atoms with Gasteiger partial charge in [0.2, 0.25) is 0 Å². The Kier molecular flexibility index (Phi) is 9.82. The van der Waals surface area contributed by atoms with Crippen LogP contribution in [0.5, 0.6) is 0 Å². The first-order valence-corrected chi connectivity index (χ1v) is 15.2. The molecule has 0 heterocycles. The maximum atomic E-state index is 13.5. The maximum absolute atomic E-state index is 13.5. The Morgan fingerprint density at radius 3 is 2.00 bits per heavy atom. The quantitative estimate of drug-likeness (QED) is 0.0977. The maximum Gasteiger partial charge on any atom is 0.182 e. The number of hydrogen-bond acceptors (Lipinski definition) is 7. The van der Waals surface area contributed by atoms with Crippen molar-refractivity contribution in [2.75, 3.05) is 18.9 Å². The molecule has 0 amide bonds. The fourth-order valence-corrected chi connectivity index (χ4v) is 7.67. The Morgan fingerprint density at radius 1 is 0.868 bits per heavy atom. The van der Waals surface area contributed by atoms with E-state index in [1.165, 1.54) is 24.3 Å². The van der Waals surface area contributed by atoms with Gasteiger partial charge in [0.1, 0.15) is 5.25 Å².